The van der Waals surface area contributed by atoms with Crippen LogP contribution in [0.5, 0.6) is 0 Å². The molecule has 0 aliphatic carbocycles. The van der Waals surface area contributed by atoms with Crippen molar-refractivity contribution in [2.45, 2.75) is 12.6 Å². The van der Waals surface area contributed by atoms with E-state index in [9.17, 15) is 18.0 Å². The van der Waals surface area contributed by atoms with Gasteiger partial charge in [-0.3, -0.25) is 14.8 Å². The number of nitrogens with one attached hydrogen (secondary N) is 1. The van der Waals surface area contributed by atoms with E-state index in [1.165, 1.54) is 12.3 Å². The molecule has 0 radical (unpaired) electrons. The van der Waals surface area contributed by atoms with Gasteiger partial charge in [-0.15, -0.1) is 0 Å². The van der Waals surface area contributed by atoms with Crippen LogP contribution in [0.25, 0.3) is 22.8 Å². The molecule has 0 saturated carbocycles. The third-order valence-electron chi connectivity index (χ3n) is 4.22. The first-order valence-corrected chi connectivity index (χ1v) is 9.06. The summed E-state index contributed by atoms with van der Waals surface area (Å²) in [5, 5.41) is 6.09. The van der Waals surface area contributed by atoms with Gasteiger partial charge in [-0.2, -0.15) is 18.2 Å². The minimum atomic E-state index is -4.79. The molecule has 1 amide bonds. The molecule has 3 aromatic heterocycles. The van der Waals surface area contributed by atoms with E-state index >= 15 is 0 Å². The lowest BCUT2D eigenvalue weighted by molar-refractivity contribution is -0.159. The van der Waals surface area contributed by atoms with E-state index in [0.717, 1.165) is 5.56 Å². The summed E-state index contributed by atoms with van der Waals surface area (Å²) in [4.78, 5) is 24.4. The minimum absolute atomic E-state index is 0.0717. The SMILES string of the molecule is O=C(Cc1ccccc1)Nc1cnc(-c2ccccn2)cc1-c1noc(C(F)(F)F)n1. The Morgan fingerprint density at radius 1 is 1.00 bits per heavy atom. The summed E-state index contributed by atoms with van der Waals surface area (Å²) in [6.45, 7) is 0. The number of anilines is 1. The number of benzene rings is 1. The van der Waals surface area contributed by atoms with Gasteiger partial charge in [-0.1, -0.05) is 41.6 Å². The van der Waals surface area contributed by atoms with Crippen LogP contribution < -0.4 is 5.32 Å². The van der Waals surface area contributed by atoms with Crippen LogP contribution in [0, 0.1) is 0 Å². The topological polar surface area (TPSA) is 93.8 Å². The van der Waals surface area contributed by atoms with Crippen LogP contribution >= 0.6 is 0 Å². The van der Waals surface area contributed by atoms with Crippen LogP contribution in [-0.2, 0) is 17.4 Å². The van der Waals surface area contributed by atoms with E-state index in [1.807, 2.05) is 6.07 Å². The summed E-state index contributed by atoms with van der Waals surface area (Å²) in [6.07, 6.45) is -1.84. The van der Waals surface area contributed by atoms with Crippen LogP contribution in [0.2, 0.25) is 0 Å². The van der Waals surface area contributed by atoms with Crippen molar-refractivity contribution in [3.05, 3.63) is 78.4 Å². The van der Waals surface area contributed by atoms with Gasteiger partial charge in [0.2, 0.25) is 11.7 Å². The fraction of sp³-hybridized carbons (Fsp3) is 0.0952. The van der Waals surface area contributed by atoms with Gasteiger partial charge in [-0.25, -0.2) is 0 Å². The molecule has 0 fully saturated rings. The first-order valence-electron chi connectivity index (χ1n) is 9.06. The molecule has 4 rings (SSSR count). The fourth-order valence-corrected chi connectivity index (χ4v) is 2.82. The van der Waals surface area contributed by atoms with Gasteiger partial charge in [0, 0.05) is 6.20 Å². The van der Waals surface area contributed by atoms with Crippen LogP contribution in [0.4, 0.5) is 18.9 Å². The van der Waals surface area contributed by atoms with Gasteiger partial charge in [0.25, 0.3) is 0 Å². The number of pyridine rings is 2. The van der Waals surface area contributed by atoms with Crippen molar-refractivity contribution in [1.82, 2.24) is 20.1 Å². The highest BCUT2D eigenvalue weighted by atomic mass is 19.4. The van der Waals surface area contributed by atoms with E-state index in [-0.39, 0.29) is 29.4 Å². The highest BCUT2D eigenvalue weighted by molar-refractivity contribution is 5.96. The number of hydrogen-bond acceptors (Lipinski definition) is 6. The van der Waals surface area contributed by atoms with Crippen molar-refractivity contribution in [3.8, 4) is 22.8 Å². The standard InChI is InChI=1S/C21H14F3N5O2/c22-21(23,24)20-28-19(29-31-20)14-11-16(15-8-4-5-9-25-15)26-12-17(14)27-18(30)10-13-6-2-1-3-7-13/h1-9,11-12H,10H2,(H,27,30). The molecule has 31 heavy (non-hydrogen) atoms. The number of amides is 1. The molecule has 156 valence electrons. The third-order valence-corrected chi connectivity index (χ3v) is 4.22. The Kier molecular flexibility index (Phi) is 5.44. The van der Waals surface area contributed by atoms with Gasteiger partial charge in [-0.05, 0) is 23.8 Å². The molecule has 0 bridgehead atoms. The second kappa shape index (κ2) is 8.34. The van der Waals surface area contributed by atoms with Crippen LogP contribution in [-0.4, -0.2) is 26.0 Å². The van der Waals surface area contributed by atoms with E-state index in [0.29, 0.717) is 11.4 Å². The molecule has 0 aliphatic rings. The zero-order valence-electron chi connectivity index (χ0n) is 15.8. The summed E-state index contributed by atoms with van der Waals surface area (Å²) in [7, 11) is 0. The second-order valence-corrected chi connectivity index (χ2v) is 6.46. The van der Waals surface area contributed by atoms with Crippen molar-refractivity contribution >= 4 is 11.6 Å². The van der Waals surface area contributed by atoms with Crippen LogP contribution in [0.1, 0.15) is 11.5 Å². The van der Waals surface area contributed by atoms with Gasteiger partial charge >= 0.3 is 12.1 Å². The lowest BCUT2D eigenvalue weighted by atomic mass is 10.1. The maximum absolute atomic E-state index is 12.9. The number of halogens is 3. The molecular formula is C21H14F3N5O2. The molecule has 4 aromatic rings. The van der Waals surface area contributed by atoms with Crippen molar-refractivity contribution in [3.63, 3.8) is 0 Å². The molecule has 10 heteroatoms. The molecule has 1 N–H and O–H groups in total. The summed E-state index contributed by atoms with van der Waals surface area (Å²) >= 11 is 0. The Labute approximate surface area is 174 Å². The van der Waals surface area contributed by atoms with Crippen LogP contribution in [0.3, 0.4) is 0 Å². The number of hydrogen-bond donors (Lipinski definition) is 1. The fourth-order valence-electron chi connectivity index (χ4n) is 2.82. The Morgan fingerprint density at radius 2 is 1.77 bits per heavy atom. The largest absolute Gasteiger partial charge is 0.471 e. The first-order chi connectivity index (χ1) is 14.9. The maximum atomic E-state index is 12.9. The molecule has 7 nitrogen and oxygen atoms in total. The molecule has 1 aromatic carbocycles. The van der Waals surface area contributed by atoms with Gasteiger partial charge in [0.1, 0.15) is 0 Å². The van der Waals surface area contributed by atoms with Crippen molar-refractivity contribution in [1.29, 1.82) is 0 Å². The molecule has 0 aliphatic heterocycles. The van der Waals surface area contributed by atoms with Crippen molar-refractivity contribution < 1.29 is 22.5 Å². The van der Waals surface area contributed by atoms with Crippen molar-refractivity contribution in [2.24, 2.45) is 0 Å². The number of carbonyl (C=O) groups excluding carboxylic acids is 1. The third kappa shape index (κ3) is 4.74. The predicted octanol–water partition coefficient (Wildman–Crippen LogP) is 4.39. The molecule has 0 unspecified atom stereocenters. The monoisotopic (exact) mass is 425 g/mol. The Hall–Kier alpha value is -4.08. The lowest BCUT2D eigenvalue weighted by Crippen LogP contribution is -2.15. The van der Waals surface area contributed by atoms with Crippen LogP contribution in [0.15, 0.2) is 71.5 Å². The summed E-state index contributed by atoms with van der Waals surface area (Å²) < 4.78 is 43.1. The van der Waals surface area contributed by atoms with E-state index in [2.05, 4.69) is 29.9 Å². The maximum Gasteiger partial charge on any atom is 0.471 e. The molecule has 0 saturated heterocycles. The van der Waals surface area contributed by atoms with Gasteiger partial charge in [0.15, 0.2) is 0 Å². The van der Waals surface area contributed by atoms with E-state index < -0.39 is 12.1 Å². The number of carbonyl (C=O) groups is 1. The number of aromatic nitrogens is 4. The molecule has 3 heterocycles. The highest BCUT2D eigenvalue weighted by Gasteiger charge is 2.38. The molecule has 0 spiro atoms. The van der Waals surface area contributed by atoms with Gasteiger partial charge in [0.05, 0.1) is 35.3 Å². The molecular weight excluding hydrogens is 411 g/mol. The Morgan fingerprint density at radius 3 is 2.45 bits per heavy atom. The summed E-state index contributed by atoms with van der Waals surface area (Å²) in [5.41, 5.74) is 1.91. The zero-order valence-corrected chi connectivity index (χ0v) is 15.8. The highest BCUT2D eigenvalue weighted by Crippen LogP contribution is 2.33. The van der Waals surface area contributed by atoms with E-state index in [4.69, 9.17) is 0 Å². The lowest BCUT2D eigenvalue weighted by Gasteiger charge is -2.10. The quantitative estimate of drug-likeness (QED) is 0.510. The number of alkyl halides is 3. The van der Waals surface area contributed by atoms with Crippen molar-refractivity contribution in [2.75, 3.05) is 5.32 Å². The number of rotatable bonds is 5. The first kappa shape index (κ1) is 20.2. The minimum Gasteiger partial charge on any atom is -0.329 e. The average molecular weight is 425 g/mol. The Balaban J connectivity index is 1.70. The van der Waals surface area contributed by atoms with Gasteiger partial charge < -0.3 is 9.84 Å². The average Bonchev–Trinajstić information content (AvgIpc) is 3.26. The Bertz CT molecular complexity index is 1190. The molecule has 0 atom stereocenters. The summed E-state index contributed by atoms with van der Waals surface area (Å²) in [6, 6.07) is 15.6. The summed E-state index contributed by atoms with van der Waals surface area (Å²) in [5.74, 6) is -2.19. The second-order valence-electron chi connectivity index (χ2n) is 6.46. The van der Waals surface area contributed by atoms with E-state index in [1.54, 1.807) is 48.7 Å². The zero-order chi connectivity index (χ0) is 21.8. The number of nitrogens with zero attached hydrogens (tertiary/aromatic N) is 4. The smallest absolute Gasteiger partial charge is 0.329 e. The normalized spacial score (nSPS) is 11.3. The predicted molar refractivity (Wildman–Crippen MR) is 105 cm³/mol.